The maximum Gasteiger partial charge on any atom is 0.273 e. The van der Waals surface area contributed by atoms with E-state index in [1.165, 1.54) is 18.4 Å². The first-order chi connectivity index (χ1) is 9.11. The molecule has 0 atom stereocenters. The molecule has 7 heteroatoms. The summed E-state index contributed by atoms with van der Waals surface area (Å²) in [5.41, 5.74) is 0.499. The van der Waals surface area contributed by atoms with E-state index in [0.29, 0.717) is 31.9 Å². The molecule has 0 bridgehead atoms. The highest BCUT2D eigenvalue weighted by atomic mass is 32.1. The maximum absolute atomic E-state index is 12.2. The standard InChI is InChI=1S/C12H17N3O3S/c1-9-13-10(8-19-9)12(17)15-5-3-14(4-6-15)11(16)7-18-2/h8H,3-7H2,1-2H3. The SMILES string of the molecule is COCC(=O)N1CCN(C(=O)c2csc(C)n2)CC1. The van der Waals surface area contributed by atoms with Crippen LogP contribution in [0.15, 0.2) is 5.38 Å². The number of aromatic nitrogens is 1. The fraction of sp³-hybridized carbons (Fsp3) is 0.583. The first-order valence-electron chi connectivity index (χ1n) is 6.10. The predicted octanol–water partition coefficient (Wildman–Crippen LogP) is 0.382. The predicted molar refractivity (Wildman–Crippen MR) is 71.2 cm³/mol. The zero-order valence-electron chi connectivity index (χ0n) is 11.1. The van der Waals surface area contributed by atoms with Crippen LogP contribution in [0.5, 0.6) is 0 Å². The summed E-state index contributed by atoms with van der Waals surface area (Å²) < 4.78 is 4.82. The quantitative estimate of drug-likeness (QED) is 0.804. The van der Waals surface area contributed by atoms with Crippen LogP contribution in [-0.2, 0) is 9.53 Å². The molecular formula is C12H17N3O3S. The number of carbonyl (C=O) groups excluding carboxylic acids is 2. The molecule has 2 amide bonds. The Bertz CT molecular complexity index is 467. The van der Waals surface area contributed by atoms with Crippen LogP contribution in [0.4, 0.5) is 0 Å². The van der Waals surface area contributed by atoms with Gasteiger partial charge in [0.05, 0.1) is 5.01 Å². The number of piperazine rings is 1. The number of ether oxygens (including phenoxy) is 1. The maximum atomic E-state index is 12.2. The number of methoxy groups -OCH3 is 1. The van der Waals surface area contributed by atoms with Gasteiger partial charge in [-0.05, 0) is 6.92 Å². The second-order valence-corrected chi connectivity index (χ2v) is 5.42. The lowest BCUT2D eigenvalue weighted by atomic mass is 10.3. The minimum Gasteiger partial charge on any atom is -0.375 e. The molecule has 6 nitrogen and oxygen atoms in total. The van der Waals surface area contributed by atoms with E-state index in [1.54, 1.807) is 15.2 Å². The molecule has 0 spiro atoms. The van der Waals surface area contributed by atoms with Gasteiger partial charge in [-0.2, -0.15) is 0 Å². The summed E-state index contributed by atoms with van der Waals surface area (Å²) in [6.07, 6.45) is 0. The molecule has 0 aromatic carbocycles. The van der Waals surface area contributed by atoms with Gasteiger partial charge in [-0.25, -0.2) is 4.98 Å². The van der Waals surface area contributed by atoms with Gasteiger partial charge in [-0.3, -0.25) is 9.59 Å². The largest absolute Gasteiger partial charge is 0.375 e. The van der Waals surface area contributed by atoms with E-state index in [2.05, 4.69) is 4.98 Å². The van der Waals surface area contributed by atoms with Crippen molar-refractivity contribution in [1.29, 1.82) is 0 Å². The number of aryl methyl sites for hydroxylation is 1. The Hall–Kier alpha value is -1.47. The van der Waals surface area contributed by atoms with Crippen LogP contribution in [0.3, 0.4) is 0 Å². The normalized spacial score (nSPS) is 15.7. The molecule has 1 aliphatic rings. The van der Waals surface area contributed by atoms with Gasteiger partial charge in [0.15, 0.2) is 0 Å². The Morgan fingerprint density at radius 1 is 1.32 bits per heavy atom. The van der Waals surface area contributed by atoms with Crippen LogP contribution < -0.4 is 0 Å². The summed E-state index contributed by atoms with van der Waals surface area (Å²) in [4.78, 5) is 31.5. The van der Waals surface area contributed by atoms with Gasteiger partial charge in [-0.15, -0.1) is 11.3 Å². The molecule has 1 saturated heterocycles. The van der Waals surface area contributed by atoms with Crippen LogP contribution in [0.25, 0.3) is 0 Å². The van der Waals surface area contributed by atoms with Gasteiger partial charge in [0.25, 0.3) is 5.91 Å². The fourth-order valence-electron chi connectivity index (χ4n) is 2.00. The molecule has 0 radical (unpaired) electrons. The van der Waals surface area contributed by atoms with Gasteiger partial charge >= 0.3 is 0 Å². The summed E-state index contributed by atoms with van der Waals surface area (Å²) in [7, 11) is 1.50. The number of hydrogen-bond acceptors (Lipinski definition) is 5. The monoisotopic (exact) mass is 283 g/mol. The van der Waals surface area contributed by atoms with Crippen LogP contribution in [0.1, 0.15) is 15.5 Å². The van der Waals surface area contributed by atoms with Gasteiger partial charge < -0.3 is 14.5 Å². The Morgan fingerprint density at radius 2 is 1.95 bits per heavy atom. The molecule has 1 aliphatic heterocycles. The summed E-state index contributed by atoms with van der Waals surface area (Å²) in [5, 5.41) is 2.66. The van der Waals surface area contributed by atoms with Crippen LogP contribution >= 0.6 is 11.3 Å². The van der Waals surface area contributed by atoms with E-state index in [-0.39, 0.29) is 18.4 Å². The summed E-state index contributed by atoms with van der Waals surface area (Å²) in [6.45, 7) is 4.17. The number of thiazole rings is 1. The molecule has 0 N–H and O–H groups in total. The molecule has 2 heterocycles. The molecular weight excluding hydrogens is 266 g/mol. The third-order valence-corrected chi connectivity index (χ3v) is 3.80. The highest BCUT2D eigenvalue weighted by Crippen LogP contribution is 2.12. The molecule has 104 valence electrons. The Labute approximate surface area is 116 Å². The zero-order chi connectivity index (χ0) is 13.8. The fourth-order valence-corrected chi connectivity index (χ4v) is 2.58. The van der Waals surface area contributed by atoms with E-state index in [9.17, 15) is 9.59 Å². The van der Waals surface area contributed by atoms with Gasteiger partial charge in [0.2, 0.25) is 5.91 Å². The second-order valence-electron chi connectivity index (χ2n) is 4.36. The van der Waals surface area contributed by atoms with Crippen molar-refractivity contribution >= 4 is 23.2 Å². The highest BCUT2D eigenvalue weighted by molar-refractivity contribution is 7.09. The van der Waals surface area contributed by atoms with Gasteiger partial charge in [0.1, 0.15) is 12.3 Å². The summed E-state index contributed by atoms with van der Waals surface area (Å²) in [6, 6.07) is 0. The number of hydrogen-bond donors (Lipinski definition) is 0. The molecule has 1 aromatic rings. The average Bonchev–Trinajstić information content (AvgIpc) is 2.85. The Balaban J connectivity index is 1.89. The van der Waals surface area contributed by atoms with Crippen LogP contribution in [-0.4, -0.2) is 66.5 Å². The molecule has 2 rings (SSSR count). The molecule has 1 aromatic heterocycles. The Morgan fingerprint density at radius 3 is 2.47 bits per heavy atom. The van der Waals surface area contributed by atoms with E-state index in [0.717, 1.165) is 5.01 Å². The van der Waals surface area contributed by atoms with Crippen molar-refractivity contribution in [2.75, 3.05) is 39.9 Å². The van der Waals surface area contributed by atoms with Crippen molar-refractivity contribution in [2.24, 2.45) is 0 Å². The lowest BCUT2D eigenvalue weighted by molar-refractivity contribution is -0.136. The second kappa shape index (κ2) is 6.12. The van der Waals surface area contributed by atoms with Crippen molar-refractivity contribution in [2.45, 2.75) is 6.92 Å². The minimum absolute atomic E-state index is 0.0286. The van der Waals surface area contributed by atoms with E-state index in [1.807, 2.05) is 6.92 Å². The van der Waals surface area contributed by atoms with Gasteiger partial charge in [0, 0.05) is 38.7 Å². The molecule has 0 unspecified atom stereocenters. The minimum atomic E-state index is -0.0526. The van der Waals surface area contributed by atoms with Crippen LogP contribution in [0.2, 0.25) is 0 Å². The average molecular weight is 283 g/mol. The Kier molecular flexibility index (Phi) is 4.49. The number of carbonyl (C=O) groups is 2. The number of amides is 2. The lowest BCUT2D eigenvalue weighted by Gasteiger charge is -2.34. The number of nitrogens with zero attached hydrogens (tertiary/aromatic N) is 3. The van der Waals surface area contributed by atoms with Gasteiger partial charge in [-0.1, -0.05) is 0 Å². The van der Waals surface area contributed by atoms with E-state index in [4.69, 9.17) is 4.74 Å². The molecule has 19 heavy (non-hydrogen) atoms. The smallest absolute Gasteiger partial charge is 0.273 e. The molecule has 0 saturated carbocycles. The zero-order valence-corrected chi connectivity index (χ0v) is 11.9. The lowest BCUT2D eigenvalue weighted by Crippen LogP contribution is -2.51. The summed E-state index contributed by atoms with van der Waals surface area (Å²) >= 11 is 1.47. The number of rotatable bonds is 3. The van der Waals surface area contributed by atoms with Crippen molar-refractivity contribution in [1.82, 2.24) is 14.8 Å². The highest BCUT2D eigenvalue weighted by Gasteiger charge is 2.25. The molecule has 1 fully saturated rings. The van der Waals surface area contributed by atoms with Crippen LogP contribution in [0, 0.1) is 6.92 Å². The van der Waals surface area contributed by atoms with Crippen molar-refractivity contribution in [3.05, 3.63) is 16.1 Å². The first-order valence-corrected chi connectivity index (χ1v) is 6.98. The molecule has 0 aliphatic carbocycles. The first kappa shape index (κ1) is 14.0. The third-order valence-electron chi connectivity index (χ3n) is 3.03. The third kappa shape index (κ3) is 3.30. The topological polar surface area (TPSA) is 62.7 Å². The van der Waals surface area contributed by atoms with Crippen molar-refractivity contribution in [3.63, 3.8) is 0 Å². The van der Waals surface area contributed by atoms with Crippen molar-refractivity contribution in [3.8, 4) is 0 Å². The van der Waals surface area contributed by atoms with E-state index >= 15 is 0 Å². The summed E-state index contributed by atoms with van der Waals surface area (Å²) in [5.74, 6) is -0.0812. The van der Waals surface area contributed by atoms with E-state index < -0.39 is 0 Å². The van der Waals surface area contributed by atoms with Crippen molar-refractivity contribution < 1.29 is 14.3 Å².